The number of carbonyl (C=O) groups is 1. The van der Waals surface area contributed by atoms with E-state index in [4.69, 9.17) is 42.9 Å². The molecule has 18 heteroatoms. The minimum Gasteiger partial charge on any atom is -0.475 e. The molecule has 1 fully saturated rings. The lowest BCUT2D eigenvalue weighted by molar-refractivity contribution is -0.192. The number of nitrogens with zero attached hydrogens (tertiary/aromatic N) is 7. The molecule has 1 saturated heterocycles. The van der Waals surface area contributed by atoms with Crippen LogP contribution in [-0.4, -0.2) is 77.4 Å². The number of alkyl halides is 3. The predicted molar refractivity (Wildman–Crippen MR) is 188 cm³/mol. The maximum atomic E-state index is 16.9. The van der Waals surface area contributed by atoms with Gasteiger partial charge in [0.15, 0.2) is 5.82 Å². The number of aliphatic carboxylic acids is 1. The summed E-state index contributed by atoms with van der Waals surface area (Å²) in [5.74, 6) is -2.79. The molecule has 6 rings (SSSR count). The number of hydrogen-bond donors (Lipinski definition) is 3. The van der Waals surface area contributed by atoms with Gasteiger partial charge in [0, 0.05) is 54.3 Å². The molecule has 3 aromatic heterocycles. The lowest BCUT2D eigenvalue weighted by atomic mass is 9.97. The number of rotatable bonds is 6. The Morgan fingerprint density at radius 1 is 1.20 bits per heavy atom. The number of carboxylic acids is 1. The average Bonchev–Trinajstić information content (AvgIpc) is 3.70. The Balaban J connectivity index is 0.000000654. The number of thiophene rings is 1. The van der Waals surface area contributed by atoms with E-state index in [-0.39, 0.29) is 54.4 Å². The first-order chi connectivity index (χ1) is 24.0. The SMILES string of the molecule is C[C@H](c1cccnc1N)N(C)c1nc(N2CC[C@@H](N(C)C)C2)nc2c(F)c(-c3ccc(F)c4sc(N)c(C#N)c34)c(Cl)cc12.O=C(O)C(F)(F)F. The molecule has 51 heavy (non-hydrogen) atoms. The third kappa shape index (κ3) is 7.12. The van der Waals surface area contributed by atoms with Crippen molar-refractivity contribution in [3.8, 4) is 17.2 Å². The number of aromatic nitrogens is 3. The molecule has 2 aromatic carbocycles. The van der Waals surface area contributed by atoms with Crippen LogP contribution in [0.25, 0.3) is 32.1 Å². The van der Waals surface area contributed by atoms with Gasteiger partial charge in [0.2, 0.25) is 5.95 Å². The van der Waals surface area contributed by atoms with Gasteiger partial charge in [0.1, 0.15) is 34.0 Å². The fraction of sp³-hybridized carbons (Fsp3) is 0.303. The van der Waals surface area contributed by atoms with Gasteiger partial charge in [-0.3, -0.25) is 0 Å². The number of nitriles is 1. The maximum Gasteiger partial charge on any atom is 0.490 e. The van der Waals surface area contributed by atoms with Crippen LogP contribution < -0.4 is 21.3 Å². The average molecular weight is 748 g/mol. The smallest absolute Gasteiger partial charge is 0.475 e. The highest BCUT2D eigenvalue weighted by atomic mass is 35.5. The van der Waals surface area contributed by atoms with Crippen molar-refractivity contribution in [3.63, 3.8) is 0 Å². The number of anilines is 4. The first-order valence-corrected chi connectivity index (χ1v) is 16.4. The van der Waals surface area contributed by atoms with Crippen LogP contribution in [0.3, 0.4) is 0 Å². The summed E-state index contributed by atoms with van der Waals surface area (Å²) in [5, 5.41) is 17.8. The summed E-state index contributed by atoms with van der Waals surface area (Å²) >= 11 is 7.78. The highest BCUT2D eigenvalue weighted by molar-refractivity contribution is 7.23. The molecule has 0 radical (unpaired) electrons. The standard InChI is InChI=1S/C31H30ClF2N9S.C2HF3O2/c1-15(17-6-5-10-38-28(17)36)42(4)30-19-12-21(32)24(18-7-8-22(33)27-23(18)20(13-35)29(37)44-27)25(34)26(19)39-31(40-30)43-11-9-16(14-43)41(2)3;3-2(4,5)1(6)7/h5-8,10,12,15-16H,9,11,14,37H2,1-4H3,(H2,36,38);(H,6,7)/t15-,16-;/m1./s1. The molecule has 268 valence electrons. The lowest BCUT2D eigenvalue weighted by Crippen LogP contribution is -2.32. The number of benzene rings is 2. The molecular formula is C33H31ClF5N9O2S. The van der Waals surface area contributed by atoms with Crippen molar-refractivity contribution >= 4 is 72.5 Å². The molecule has 1 aliphatic heterocycles. The number of fused-ring (bicyclic) bond motifs is 2. The van der Waals surface area contributed by atoms with E-state index in [9.17, 15) is 22.8 Å². The van der Waals surface area contributed by atoms with E-state index in [2.05, 4.69) is 9.88 Å². The Hall–Kier alpha value is -5.05. The molecule has 0 amide bonds. The molecule has 2 atom stereocenters. The van der Waals surface area contributed by atoms with Gasteiger partial charge in [-0.1, -0.05) is 23.7 Å². The lowest BCUT2D eigenvalue weighted by Gasteiger charge is -2.29. The van der Waals surface area contributed by atoms with E-state index in [0.29, 0.717) is 36.1 Å². The number of carboxylic acid groups (broad SMARTS) is 1. The zero-order valence-corrected chi connectivity index (χ0v) is 29.1. The third-order valence-electron chi connectivity index (χ3n) is 8.71. The summed E-state index contributed by atoms with van der Waals surface area (Å²) in [7, 11) is 5.91. The molecule has 5 N–H and O–H groups in total. The Bertz CT molecular complexity index is 2190. The molecule has 0 unspecified atom stereocenters. The Kier molecular flexibility index (Phi) is 10.4. The Labute approximate surface area is 297 Å². The van der Waals surface area contributed by atoms with Crippen LogP contribution in [0.2, 0.25) is 5.02 Å². The van der Waals surface area contributed by atoms with Crippen molar-refractivity contribution in [1.29, 1.82) is 5.26 Å². The predicted octanol–water partition coefficient (Wildman–Crippen LogP) is 6.85. The second-order valence-corrected chi connectivity index (χ2v) is 13.4. The molecule has 0 bridgehead atoms. The van der Waals surface area contributed by atoms with Gasteiger partial charge in [0.25, 0.3) is 0 Å². The van der Waals surface area contributed by atoms with Gasteiger partial charge in [-0.25, -0.2) is 23.5 Å². The normalized spacial score (nSPS) is 15.2. The van der Waals surface area contributed by atoms with Crippen LogP contribution >= 0.6 is 22.9 Å². The largest absolute Gasteiger partial charge is 0.490 e. The van der Waals surface area contributed by atoms with E-state index >= 15 is 4.39 Å². The fourth-order valence-electron chi connectivity index (χ4n) is 5.85. The van der Waals surface area contributed by atoms with Crippen molar-refractivity contribution in [1.82, 2.24) is 19.9 Å². The van der Waals surface area contributed by atoms with Crippen LogP contribution in [0.4, 0.5) is 44.5 Å². The molecule has 0 spiro atoms. The van der Waals surface area contributed by atoms with Gasteiger partial charge >= 0.3 is 12.1 Å². The van der Waals surface area contributed by atoms with Gasteiger partial charge in [0.05, 0.1) is 21.3 Å². The summed E-state index contributed by atoms with van der Waals surface area (Å²) in [6.45, 7) is 3.33. The second-order valence-electron chi connectivity index (χ2n) is 12.0. The zero-order chi connectivity index (χ0) is 37.5. The van der Waals surface area contributed by atoms with Crippen LogP contribution in [-0.2, 0) is 4.79 Å². The number of likely N-dealkylation sites (N-methyl/N-ethyl adjacent to an activating group) is 1. The first kappa shape index (κ1) is 37.2. The zero-order valence-electron chi connectivity index (χ0n) is 27.6. The number of nitrogen functional groups attached to an aromatic ring is 2. The Morgan fingerprint density at radius 3 is 2.47 bits per heavy atom. The van der Waals surface area contributed by atoms with Gasteiger partial charge in [-0.15, -0.1) is 11.3 Å². The number of halogens is 6. The fourth-order valence-corrected chi connectivity index (χ4v) is 7.10. The molecule has 5 aromatic rings. The van der Waals surface area contributed by atoms with E-state index in [0.717, 1.165) is 23.3 Å². The molecule has 11 nitrogen and oxygen atoms in total. The van der Waals surface area contributed by atoms with Crippen molar-refractivity contribution in [2.75, 3.05) is 55.5 Å². The van der Waals surface area contributed by atoms with Gasteiger partial charge in [-0.2, -0.15) is 23.4 Å². The van der Waals surface area contributed by atoms with Crippen molar-refractivity contribution in [3.05, 3.63) is 64.3 Å². The summed E-state index contributed by atoms with van der Waals surface area (Å²) in [5.41, 5.74) is 13.5. The van der Waals surface area contributed by atoms with Crippen molar-refractivity contribution in [2.24, 2.45) is 0 Å². The van der Waals surface area contributed by atoms with Crippen molar-refractivity contribution < 1.29 is 31.9 Å². The summed E-state index contributed by atoms with van der Waals surface area (Å²) in [6.07, 6.45) is -2.55. The summed E-state index contributed by atoms with van der Waals surface area (Å²) in [4.78, 5) is 28.9. The van der Waals surface area contributed by atoms with E-state index in [1.54, 1.807) is 12.3 Å². The molecule has 1 aliphatic rings. The minimum absolute atomic E-state index is 0.00821. The van der Waals surface area contributed by atoms with E-state index < -0.39 is 23.8 Å². The van der Waals surface area contributed by atoms with Crippen LogP contribution in [0.1, 0.15) is 30.5 Å². The number of nitrogens with two attached hydrogens (primary N) is 2. The molecular weight excluding hydrogens is 717 g/mol. The molecule has 0 saturated carbocycles. The van der Waals surface area contributed by atoms with Crippen molar-refractivity contribution in [2.45, 2.75) is 31.6 Å². The second kappa shape index (κ2) is 14.3. The molecule has 4 heterocycles. The summed E-state index contributed by atoms with van der Waals surface area (Å²) < 4.78 is 63.7. The van der Waals surface area contributed by atoms with Crippen LogP contribution in [0.5, 0.6) is 0 Å². The topological polar surface area (TPSA) is 162 Å². The highest BCUT2D eigenvalue weighted by Crippen LogP contribution is 2.46. The highest BCUT2D eigenvalue weighted by Gasteiger charge is 2.38. The van der Waals surface area contributed by atoms with Crippen LogP contribution in [0.15, 0.2) is 36.5 Å². The number of hydrogen-bond acceptors (Lipinski definition) is 11. The quantitative estimate of drug-likeness (QED) is 0.156. The first-order valence-electron chi connectivity index (χ1n) is 15.2. The number of pyridine rings is 1. The maximum absolute atomic E-state index is 16.9. The van der Waals surface area contributed by atoms with Gasteiger partial charge in [-0.05, 0) is 51.2 Å². The van der Waals surface area contributed by atoms with Gasteiger partial charge < -0.3 is 31.3 Å². The van der Waals surface area contributed by atoms with E-state index in [1.807, 2.05) is 56.1 Å². The monoisotopic (exact) mass is 747 g/mol. The third-order valence-corrected chi connectivity index (χ3v) is 10.0. The van der Waals surface area contributed by atoms with Crippen LogP contribution in [0, 0.1) is 23.0 Å². The minimum atomic E-state index is -5.08. The van der Waals surface area contributed by atoms with E-state index in [1.165, 1.54) is 12.1 Å². The summed E-state index contributed by atoms with van der Waals surface area (Å²) in [6, 6.07) is 10.0. The molecule has 0 aliphatic carbocycles. The Morgan fingerprint density at radius 2 is 1.88 bits per heavy atom.